The molecule has 2 nitrogen and oxygen atoms in total. The number of rotatable bonds is 4. The molecule has 0 saturated heterocycles. The lowest BCUT2D eigenvalue weighted by Gasteiger charge is -2.13. The van der Waals surface area contributed by atoms with Crippen molar-refractivity contribution in [3.8, 4) is 11.1 Å². The lowest BCUT2D eigenvalue weighted by atomic mass is 9.93. The van der Waals surface area contributed by atoms with Crippen LogP contribution >= 0.6 is 0 Å². The average Bonchev–Trinajstić information content (AvgIpc) is 2.55. The topological polar surface area (TPSA) is 30.0 Å². The fourth-order valence-corrected chi connectivity index (χ4v) is 2.76. The van der Waals surface area contributed by atoms with Gasteiger partial charge in [-0.15, -0.1) is 0 Å². The molecule has 0 atom stereocenters. The van der Waals surface area contributed by atoms with Gasteiger partial charge < -0.3 is 0 Å². The molecule has 0 spiro atoms. The first-order chi connectivity index (χ1) is 10.7. The van der Waals surface area contributed by atoms with Gasteiger partial charge in [0.2, 0.25) is 0 Å². The molecule has 0 saturated carbocycles. The number of pyridine rings is 1. The van der Waals surface area contributed by atoms with E-state index in [4.69, 9.17) is 0 Å². The number of carbonyl (C=O) groups is 1. The second-order valence-electron chi connectivity index (χ2n) is 5.24. The largest absolute Gasteiger partial charge is 0.298 e. The van der Waals surface area contributed by atoms with E-state index in [2.05, 4.69) is 11.9 Å². The second kappa shape index (κ2) is 6.06. The molecule has 0 N–H and O–H groups in total. The zero-order valence-corrected chi connectivity index (χ0v) is 12.3. The molecule has 0 aliphatic rings. The molecule has 0 unspecified atom stereocenters. The highest BCUT2D eigenvalue weighted by Gasteiger charge is 2.15. The number of fused-ring (bicyclic) bond motifs is 1. The van der Waals surface area contributed by atoms with Crippen LogP contribution in [0.1, 0.15) is 29.4 Å². The summed E-state index contributed by atoms with van der Waals surface area (Å²) in [5.74, 6) is -0.288. The smallest absolute Gasteiger partial charge is 0.152 e. The molecule has 0 fully saturated rings. The summed E-state index contributed by atoms with van der Waals surface area (Å²) >= 11 is 0. The summed E-state index contributed by atoms with van der Waals surface area (Å²) < 4.78 is 13.2. The minimum Gasteiger partial charge on any atom is -0.298 e. The second-order valence-corrected chi connectivity index (χ2v) is 5.24. The molecule has 1 heterocycles. The van der Waals surface area contributed by atoms with E-state index in [1.807, 2.05) is 24.3 Å². The number of aromatic nitrogens is 1. The van der Waals surface area contributed by atoms with Gasteiger partial charge in [0.25, 0.3) is 0 Å². The number of nitrogens with zero attached hydrogens (tertiary/aromatic N) is 1. The van der Waals surface area contributed by atoms with Crippen molar-refractivity contribution in [1.82, 2.24) is 4.98 Å². The summed E-state index contributed by atoms with van der Waals surface area (Å²) in [5, 5.41) is 0.913. The standard InChI is InChI=1S/C19H16FNO/c1-2-5-17-16(12-22)19(13-8-10-14(20)11-9-13)15-6-3-4-7-18(15)21-17/h3-4,6-12H,2,5H2,1H3. The van der Waals surface area contributed by atoms with Gasteiger partial charge in [0, 0.05) is 16.5 Å². The summed E-state index contributed by atoms with van der Waals surface area (Å²) in [6, 6.07) is 14.0. The van der Waals surface area contributed by atoms with Crippen LogP contribution in [0.25, 0.3) is 22.0 Å². The summed E-state index contributed by atoms with van der Waals surface area (Å²) in [5.41, 5.74) is 3.93. The van der Waals surface area contributed by atoms with Crippen LogP contribution in [0.4, 0.5) is 4.39 Å². The molecular weight excluding hydrogens is 277 g/mol. The third kappa shape index (κ3) is 2.50. The summed E-state index contributed by atoms with van der Waals surface area (Å²) in [6.45, 7) is 2.06. The lowest BCUT2D eigenvalue weighted by Crippen LogP contribution is -2.01. The number of aryl methyl sites for hydroxylation is 1. The van der Waals surface area contributed by atoms with Gasteiger partial charge in [-0.2, -0.15) is 0 Å². The van der Waals surface area contributed by atoms with Crippen LogP contribution in [0.5, 0.6) is 0 Å². The highest BCUT2D eigenvalue weighted by atomic mass is 19.1. The Morgan fingerprint density at radius 2 is 1.82 bits per heavy atom. The van der Waals surface area contributed by atoms with Crippen LogP contribution < -0.4 is 0 Å². The van der Waals surface area contributed by atoms with E-state index in [9.17, 15) is 9.18 Å². The Morgan fingerprint density at radius 1 is 1.09 bits per heavy atom. The minimum absolute atomic E-state index is 0.288. The summed E-state index contributed by atoms with van der Waals surface area (Å²) in [4.78, 5) is 16.3. The van der Waals surface area contributed by atoms with E-state index in [1.165, 1.54) is 12.1 Å². The van der Waals surface area contributed by atoms with Crippen LogP contribution in [0.3, 0.4) is 0 Å². The van der Waals surface area contributed by atoms with Crippen molar-refractivity contribution in [3.63, 3.8) is 0 Å². The number of hydrogen-bond donors (Lipinski definition) is 0. The third-order valence-corrected chi connectivity index (χ3v) is 3.75. The maximum atomic E-state index is 13.2. The summed E-state index contributed by atoms with van der Waals surface area (Å²) in [6.07, 6.45) is 2.52. The number of para-hydroxylation sites is 1. The maximum absolute atomic E-state index is 13.2. The molecule has 0 radical (unpaired) electrons. The number of hydrogen-bond acceptors (Lipinski definition) is 2. The number of halogens is 1. The van der Waals surface area contributed by atoms with E-state index in [0.29, 0.717) is 5.56 Å². The average molecular weight is 293 g/mol. The Balaban J connectivity index is 2.38. The predicted molar refractivity (Wildman–Crippen MR) is 86.5 cm³/mol. The van der Waals surface area contributed by atoms with Gasteiger partial charge in [0.1, 0.15) is 5.82 Å². The number of aldehydes is 1. The van der Waals surface area contributed by atoms with E-state index >= 15 is 0 Å². The van der Waals surface area contributed by atoms with Crippen molar-refractivity contribution in [2.45, 2.75) is 19.8 Å². The van der Waals surface area contributed by atoms with Crippen LogP contribution in [0.15, 0.2) is 48.5 Å². The van der Waals surface area contributed by atoms with Gasteiger partial charge in [-0.05, 0) is 30.2 Å². The monoisotopic (exact) mass is 293 g/mol. The van der Waals surface area contributed by atoms with Crippen LogP contribution in [0, 0.1) is 5.82 Å². The van der Waals surface area contributed by atoms with Crippen molar-refractivity contribution in [2.24, 2.45) is 0 Å². The zero-order valence-electron chi connectivity index (χ0n) is 12.3. The zero-order chi connectivity index (χ0) is 15.5. The molecule has 0 bridgehead atoms. The van der Waals surface area contributed by atoms with Gasteiger partial charge in [-0.25, -0.2) is 4.39 Å². The highest BCUT2D eigenvalue weighted by Crippen LogP contribution is 2.32. The quantitative estimate of drug-likeness (QED) is 0.646. The number of benzene rings is 2. The molecule has 0 amide bonds. The SMILES string of the molecule is CCCc1nc2ccccc2c(-c2ccc(F)cc2)c1C=O. The molecule has 3 heteroatoms. The van der Waals surface area contributed by atoms with E-state index in [1.54, 1.807) is 12.1 Å². The van der Waals surface area contributed by atoms with Crippen molar-refractivity contribution in [1.29, 1.82) is 0 Å². The van der Waals surface area contributed by atoms with E-state index < -0.39 is 0 Å². The van der Waals surface area contributed by atoms with E-state index in [-0.39, 0.29) is 5.82 Å². The Morgan fingerprint density at radius 3 is 2.50 bits per heavy atom. The molecular formula is C19H16FNO. The third-order valence-electron chi connectivity index (χ3n) is 3.75. The van der Waals surface area contributed by atoms with E-state index in [0.717, 1.165) is 46.9 Å². The first kappa shape index (κ1) is 14.4. The first-order valence-electron chi connectivity index (χ1n) is 7.37. The minimum atomic E-state index is -0.288. The normalized spacial score (nSPS) is 10.8. The van der Waals surface area contributed by atoms with Gasteiger partial charge >= 0.3 is 0 Å². The molecule has 0 aliphatic heterocycles. The van der Waals surface area contributed by atoms with Crippen LogP contribution in [-0.4, -0.2) is 11.3 Å². The Bertz CT molecular complexity index is 825. The van der Waals surface area contributed by atoms with Gasteiger partial charge in [-0.3, -0.25) is 9.78 Å². The van der Waals surface area contributed by atoms with Crippen molar-refractivity contribution < 1.29 is 9.18 Å². The molecule has 2 aromatic carbocycles. The number of carbonyl (C=O) groups excluding carboxylic acids is 1. The summed E-state index contributed by atoms with van der Waals surface area (Å²) in [7, 11) is 0. The van der Waals surface area contributed by atoms with Gasteiger partial charge in [0.15, 0.2) is 6.29 Å². The fourth-order valence-electron chi connectivity index (χ4n) is 2.76. The molecule has 0 aliphatic carbocycles. The Hall–Kier alpha value is -2.55. The fraction of sp³-hybridized carbons (Fsp3) is 0.158. The Kier molecular flexibility index (Phi) is 3.96. The van der Waals surface area contributed by atoms with Crippen LogP contribution in [-0.2, 0) is 6.42 Å². The molecule has 110 valence electrons. The van der Waals surface area contributed by atoms with Crippen molar-refractivity contribution in [2.75, 3.05) is 0 Å². The lowest BCUT2D eigenvalue weighted by molar-refractivity contribution is 0.112. The van der Waals surface area contributed by atoms with Gasteiger partial charge in [0.05, 0.1) is 11.2 Å². The molecule has 3 rings (SSSR count). The predicted octanol–water partition coefficient (Wildman–Crippen LogP) is 4.81. The Labute approximate surface area is 128 Å². The first-order valence-corrected chi connectivity index (χ1v) is 7.37. The maximum Gasteiger partial charge on any atom is 0.152 e. The van der Waals surface area contributed by atoms with Crippen LogP contribution in [0.2, 0.25) is 0 Å². The molecule has 1 aromatic heterocycles. The van der Waals surface area contributed by atoms with Crippen molar-refractivity contribution in [3.05, 3.63) is 65.6 Å². The van der Waals surface area contributed by atoms with Gasteiger partial charge in [-0.1, -0.05) is 43.7 Å². The van der Waals surface area contributed by atoms with Crippen molar-refractivity contribution >= 4 is 17.2 Å². The highest BCUT2D eigenvalue weighted by molar-refractivity contribution is 6.03. The molecule has 3 aromatic rings. The molecule has 22 heavy (non-hydrogen) atoms.